The minimum Gasteiger partial charge on any atom is -0.317 e. The van der Waals surface area contributed by atoms with Gasteiger partial charge in [0.1, 0.15) is 0 Å². The summed E-state index contributed by atoms with van der Waals surface area (Å²) in [6.07, 6.45) is 7.02. The molecule has 3 heterocycles. The Morgan fingerprint density at radius 1 is 1.14 bits per heavy atom. The van der Waals surface area contributed by atoms with Gasteiger partial charge in [-0.25, -0.2) is 0 Å². The van der Waals surface area contributed by atoms with Crippen LogP contribution >= 0.6 is 11.3 Å². The van der Waals surface area contributed by atoms with Crippen molar-refractivity contribution in [3.63, 3.8) is 0 Å². The normalized spacial score (nSPS) is 23.0. The van der Waals surface area contributed by atoms with Crippen molar-refractivity contribution in [1.29, 1.82) is 0 Å². The fourth-order valence-electron chi connectivity index (χ4n) is 3.57. The van der Waals surface area contributed by atoms with E-state index in [1.54, 1.807) is 11.3 Å². The molecule has 2 aliphatic rings. The second-order valence-electron chi connectivity index (χ2n) is 6.23. The van der Waals surface area contributed by atoms with Gasteiger partial charge in [0.05, 0.1) is 4.88 Å². The first kappa shape index (κ1) is 15.2. The number of hydrogen-bond acceptors (Lipinski definition) is 4. The van der Waals surface area contributed by atoms with Crippen LogP contribution in [0, 0.1) is 24.2 Å². The second kappa shape index (κ2) is 7.52. The van der Waals surface area contributed by atoms with Gasteiger partial charge in [-0.2, -0.15) is 0 Å². The number of carbonyl (C=O) groups excluding carboxylic acids is 1. The Morgan fingerprint density at radius 2 is 1.81 bits per heavy atom. The number of Topliss-reactive ketones (excluding diaryl/α,β-unsaturated/α-hetero) is 1. The van der Waals surface area contributed by atoms with Gasteiger partial charge in [-0.15, -0.1) is 11.3 Å². The van der Waals surface area contributed by atoms with E-state index in [0.29, 0.717) is 17.6 Å². The Balaban J connectivity index is 1.71. The Bertz CT molecular complexity index is 434. The van der Waals surface area contributed by atoms with Gasteiger partial charge in [0, 0.05) is 5.92 Å². The largest absolute Gasteiger partial charge is 0.317 e. The van der Waals surface area contributed by atoms with Crippen molar-refractivity contribution in [3.8, 4) is 0 Å². The van der Waals surface area contributed by atoms with Gasteiger partial charge in [0.15, 0.2) is 5.78 Å². The van der Waals surface area contributed by atoms with Crippen LogP contribution in [0.3, 0.4) is 0 Å². The van der Waals surface area contributed by atoms with Crippen molar-refractivity contribution < 1.29 is 4.79 Å². The summed E-state index contributed by atoms with van der Waals surface area (Å²) in [5.41, 5.74) is 0. The third-order valence-electron chi connectivity index (χ3n) is 4.82. The first-order chi connectivity index (χ1) is 10.3. The molecule has 2 aliphatic heterocycles. The van der Waals surface area contributed by atoms with Crippen molar-refractivity contribution in [2.24, 2.45) is 17.8 Å². The molecule has 1 aromatic rings. The molecule has 1 radical (unpaired) electrons. The first-order valence-electron chi connectivity index (χ1n) is 8.19. The van der Waals surface area contributed by atoms with E-state index >= 15 is 0 Å². The first-order valence-corrected chi connectivity index (χ1v) is 9.06. The number of ketones is 1. The minimum absolute atomic E-state index is 0.119. The zero-order chi connectivity index (χ0) is 14.5. The maximum absolute atomic E-state index is 12.9. The van der Waals surface area contributed by atoms with Crippen molar-refractivity contribution in [3.05, 3.63) is 28.8 Å². The molecule has 1 atom stereocenters. The predicted molar refractivity (Wildman–Crippen MR) is 87.6 cm³/mol. The number of piperidine rings is 2. The van der Waals surface area contributed by atoms with E-state index in [4.69, 9.17) is 0 Å². The number of thiophene rings is 1. The molecule has 0 amide bonds. The zero-order valence-electron chi connectivity index (χ0n) is 12.5. The van der Waals surface area contributed by atoms with Crippen molar-refractivity contribution in [1.82, 2.24) is 10.6 Å². The van der Waals surface area contributed by atoms with Crippen LogP contribution in [0.4, 0.5) is 0 Å². The quantitative estimate of drug-likeness (QED) is 0.822. The highest BCUT2D eigenvalue weighted by Crippen LogP contribution is 2.33. The average Bonchev–Trinajstić information content (AvgIpc) is 3.08. The summed E-state index contributed by atoms with van der Waals surface area (Å²) in [5, 5.41) is 8.84. The number of carbonyl (C=O) groups is 1. The Morgan fingerprint density at radius 3 is 2.43 bits per heavy atom. The molecule has 0 spiro atoms. The molecule has 4 heteroatoms. The van der Waals surface area contributed by atoms with Crippen molar-refractivity contribution in [2.45, 2.75) is 25.7 Å². The lowest BCUT2D eigenvalue weighted by Gasteiger charge is -2.33. The Labute approximate surface area is 131 Å². The Hall–Kier alpha value is -0.710. The zero-order valence-corrected chi connectivity index (χ0v) is 13.3. The topological polar surface area (TPSA) is 41.1 Å². The highest BCUT2D eigenvalue weighted by Gasteiger charge is 2.33. The lowest BCUT2D eigenvalue weighted by molar-refractivity contribution is 0.0870. The maximum Gasteiger partial charge on any atom is 0.176 e. The van der Waals surface area contributed by atoms with Crippen molar-refractivity contribution in [2.75, 3.05) is 26.2 Å². The van der Waals surface area contributed by atoms with Crippen LogP contribution in [0.15, 0.2) is 17.5 Å². The molecule has 2 N–H and O–H groups in total. The molecule has 0 saturated carbocycles. The van der Waals surface area contributed by atoms with Crippen LogP contribution in [0.25, 0.3) is 0 Å². The summed E-state index contributed by atoms with van der Waals surface area (Å²) >= 11 is 1.59. The van der Waals surface area contributed by atoms with Crippen LogP contribution in [0.5, 0.6) is 0 Å². The van der Waals surface area contributed by atoms with Crippen LogP contribution in [0.1, 0.15) is 35.4 Å². The SMILES string of the molecule is O=C(c1cccs1)C([CH]C1CCNCC1)C1CCNCC1. The Kier molecular flexibility index (Phi) is 5.44. The van der Waals surface area contributed by atoms with Crippen LogP contribution in [-0.2, 0) is 0 Å². The van der Waals surface area contributed by atoms with Gasteiger partial charge in [0.2, 0.25) is 0 Å². The molecule has 0 bridgehead atoms. The number of rotatable bonds is 5. The molecule has 21 heavy (non-hydrogen) atoms. The number of nitrogens with one attached hydrogen (secondary N) is 2. The van der Waals surface area contributed by atoms with E-state index in [2.05, 4.69) is 17.1 Å². The summed E-state index contributed by atoms with van der Waals surface area (Å²) in [6.45, 7) is 4.29. The molecule has 3 nitrogen and oxygen atoms in total. The fourth-order valence-corrected chi connectivity index (χ4v) is 4.29. The summed E-state index contributed by atoms with van der Waals surface area (Å²) in [6, 6.07) is 3.97. The van der Waals surface area contributed by atoms with E-state index in [-0.39, 0.29) is 5.92 Å². The van der Waals surface area contributed by atoms with Gasteiger partial charge >= 0.3 is 0 Å². The molecule has 1 aromatic heterocycles. The van der Waals surface area contributed by atoms with E-state index in [1.165, 1.54) is 12.8 Å². The van der Waals surface area contributed by atoms with Gasteiger partial charge in [-0.05, 0) is 81.6 Å². The van der Waals surface area contributed by atoms with Crippen LogP contribution in [0.2, 0.25) is 0 Å². The molecule has 0 aliphatic carbocycles. The van der Waals surface area contributed by atoms with Crippen LogP contribution < -0.4 is 10.6 Å². The smallest absolute Gasteiger partial charge is 0.176 e. The van der Waals surface area contributed by atoms with Crippen LogP contribution in [-0.4, -0.2) is 32.0 Å². The van der Waals surface area contributed by atoms with Gasteiger partial charge in [-0.3, -0.25) is 4.79 Å². The van der Waals surface area contributed by atoms with E-state index in [1.807, 2.05) is 17.5 Å². The molecule has 0 aromatic carbocycles. The third-order valence-corrected chi connectivity index (χ3v) is 5.71. The van der Waals surface area contributed by atoms with E-state index < -0.39 is 0 Å². The average molecular weight is 305 g/mol. The summed E-state index contributed by atoms with van der Waals surface area (Å²) in [5.74, 6) is 1.61. The predicted octanol–water partition coefficient (Wildman–Crippen LogP) is 2.75. The molecule has 3 rings (SSSR count). The fraction of sp³-hybridized carbons (Fsp3) is 0.647. The monoisotopic (exact) mass is 305 g/mol. The highest BCUT2D eigenvalue weighted by atomic mass is 32.1. The minimum atomic E-state index is 0.119. The van der Waals surface area contributed by atoms with E-state index in [9.17, 15) is 4.79 Å². The molecule has 1 unspecified atom stereocenters. The molecule has 2 fully saturated rings. The lowest BCUT2D eigenvalue weighted by atomic mass is 9.75. The van der Waals surface area contributed by atoms with Gasteiger partial charge in [0.25, 0.3) is 0 Å². The highest BCUT2D eigenvalue weighted by molar-refractivity contribution is 7.12. The molecular weight excluding hydrogens is 280 g/mol. The maximum atomic E-state index is 12.9. The summed E-state index contributed by atoms with van der Waals surface area (Å²) in [4.78, 5) is 13.9. The molecular formula is C17H25N2OS. The summed E-state index contributed by atoms with van der Waals surface area (Å²) in [7, 11) is 0. The molecule has 2 saturated heterocycles. The number of hydrogen-bond donors (Lipinski definition) is 2. The van der Waals surface area contributed by atoms with Crippen molar-refractivity contribution >= 4 is 17.1 Å². The van der Waals surface area contributed by atoms with E-state index in [0.717, 1.165) is 43.9 Å². The second-order valence-corrected chi connectivity index (χ2v) is 7.18. The summed E-state index contributed by atoms with van der Waals surface area (Å²) < 4.78 is 0. The lowest BCUT2D eigenvalue weighted by Crippen LogP contribution is -2.37. The standard InChI is InChI=1S/C17H25N2OS/c20-17(16-2-1-11-21-16)15(14-5-9-19-10-6-14)12-13-3-7-18-8-4-13/h1-2,11-15,18-19H,3-10H2. The third kappa shape index (κ3) is 3.93. The van der Waals surface area contributed by atoms with Gasteiger partial charge in [-0.1, -0.05) is 6.07 Å². The molecule has 115 valence electrons. The van der Waals surface area contributed by atoms with Gasteiger partial charge < -0.3 is 10.6 Å².